The van der Waals surface area contributed by atoms with Crippen LogP contribution in [0.2, 0.25) is 0 Å². The van der Waals surface area contributed by atoms with Crippen molar-refractivity contribution in [2.75, 3.05) is 7.11 Å². The fourth-order valence-electron chi connectivity index (χ4n) is 2.22. The lowest BCUT2D eigenvalue weighted by atomic mass is 10.1. The maximum absolute atomic E-state index is 9.49. The van der Waals surface area contributed by atoms with Crippen LogP contribution in [0.5, 0.6) is 5.75 Å². The molecule has 3 rings (SSSR count). The lowest BCUT2D eigenvalue weighted by Crippen LogP contribution is -1.87. The summed E-state index contributed by atoms with van der Waals surface area (Å²) in [4.78, 5) is 4.59. The van der Waals surface area contributed by atoms with Crippen molar-refractivity contribution < 1.29 is 4.74 Å². The number of nitrogens with zero attached hydrogens (tertiary/aromatic N) is 2. The van der Waals surface area contributed by atoms with Crippen LogP contribution in [-0.4, -0.2) is 12.1 Å². The minimum atomic E-state index is 0.529. The van der Waals surface area contributed by atoms with Crippen molar-refractivity contribution >= 4 is 23.0 Å². The summed E-state index contributed by atoms with van der Waals surface area (Å²) < 4.78 is 5.33. The number of aromatic nitrogens is 1. The molecule has 3 aromatic rings. The molecule has 1 aromatic heterocycles. The molecule has 0 N–H and O–H groups in total. The molecule has 0 atom stereocenters. The summed E-state index contributed by atoms with van der Waals surface area (Å²) in [6.45, 7) is 0. The summed E-state index contributed by atoms with van der Waals surface area (Å²) in [6.07, 6.45) is 1.81. The van der Waals surface area contributed by atoms with Crippen LogP contribution in [0.15, 0.2) is 60.0 Å². The van der Waals surface area contributed by atoms with Crippen molar-refractivity contribution in [1.82, 2.24) is 4.98 Å². The smallest absolute Gasteiger partial charge is 0.134 e. The van der Waals surface area contributed by atoms with Crippen LogP contribution >= 0.6 is 11.3 Å². The van der Waals surface area contributed by atoms with Crippen LogP contribution in [0.1, 0.15) is 10.6 Å². The van der Waals surface area contributed by atoms with Crippen molar-refractivity contribution in [3.05, 3.63) is 70.5 Å². The molecule has 0 saturated heterocycles. The Hall–Kier alpha value is -2.90. The maximum atomic E-state index is 9.49. The van der Waals surface area contributed by atoms with Crippen molar-refractivity contribution in [3.63, 3.8) is 0 Å². The monoisotopic (exact) mass is 318 g/mol. The number of allylic oxidation sites excluding steroid dienone is 1. The summed E-state index contributed by atoms with van der Waals surface area (Å²) >= 11 is 1.47. The second-order valence-corrected chi connectivity index (χ2v) is 5.67. The number of nitriles is 1. The largest absolute Gasteiger partial charge is 0.496 e. The molecular formula is C19H14N2OS. The standard InChI is InChI=1S/C19H14N2OS/c1-22-18-10-6-5-9-15(18)11-16(12-20)19-21-17(13-23-19)14-7-3-2-4-8-14/h2-11,13H,1H3/b16-11-. The van der Waals surface area contributed by atoms with Crippen LogP contribution in [-0.2, 0) is 0 Å². The number of rotatable bonds is 4. The number of ether oxygens (including phenoxy) is 1. The second-order valence-electron chi connectivity index (χ2n) is 4.82. The van der Waals surface area contributed by atoms with Gasteiger partial charge in [0.1, 0.15) is 16.8 Å². The van der Waals surface area contributed by atoms with Gasteiger partial charge in [0.05, 0.1) is 18.4 Å². The molecule has 0 aliphatic carbocycles. The van der Waals surface area contributed by atoms with Crippen LogP contribution in [0.4, 0.5) is 0 Å². The zero-order chi connectivity index (χ0) is 16.1. The average Bonchev–Trinajstić information content (AvgIpc) is 3.10. The highest BCUT2D eigenvalue weighted by atomic mass is 32.1. The van der Waals surface area contributed by atoms with E-state index in [1.54, 1.807) is 7.11 Å². The Morgan fingerprint density at radius 2 is 1.87 bits per heavy atom. The average molecular weight is 318 g/mol. The number of hydrogen-bond donors (Lipinski definition) is 0. The van der Waals surface area contributed by atoms with E-state index in [4.69, 9.17) is 4.74 Å². The molecule has 0 saturated carbocycles. The number of methoxy groups -OCH3 is 1. The van der Waals surface area contributed by atoms with Crippen LogP contribution in [0.3, 0.4) is 0 Å². The molecule has 2 aromatic carbocycles. The van der Waals surface area contributed by atoms with Gasteiger partial charge in [-0.15, -0.1) is 11.3 Å². The first-order valence-electron chi connectivity index (χ1n) is 7.08. The van der Waals surface area contributed by atoms with Gasteiger partial charge in [0, 0.05) is 16.5 Å². The maximum Gasteiger partial charge on any atom is 0.134 e. The van der Waals surface area contributed by atoms with Crippen molar-refractivity contribution in [1.29, 1.82) is 5.26 Å². The topological polar surface area (TPSA) is 45.9 Å². The predicted octanol–water partition coefficient (Wildman–Crippen LogP) is 4.88. The molecule has 0 amide bonds. The van der Waals surface area contributed by atoms with Gasteiger partial charge in [-0.3, -0.25) is 0 Å². The molecule has 0 unspecified atom stereocenters. The van der Waals surface area contributed by atoms with Crippen LogP contribution in [0.25, 0.3) is 22.9 Å². The summed E-state index contributed by atoms with van der Waals surface area (Å²) in [5.74, 6) is 0.736. The quantitative estimate of drug-likeness (QED) is 0.644. The van der Waals surface area contributed by atoms with Gasteiger partial charge < -0.3 is 4.74 Å². The zero-order valence-electron chi connectivity index (χ0n) is 12.6. The van der Waals surface area contributed by atoms with Gasteiger partial charge in [0.15, 0.2) is 0 Å². The third-order valence-corrected chi connectivity index (χ3v) is 4.24. The summed E-state index contributed by atoms with van der Waals surface area (Å²) in [7, 11) is 1.62. The number of para-hydroxylation sites is 1. The summed E-state index contributed by atoms with van der Waals surface area (Å²) in [5.41, 5.74) is 3.32. The first-order valence-corrected chi connectivity index (χ1v) is 7.96. The van der Waals surface area contributed by atoms with Gasteiger partial charge in [-0.25, -0.2) is 4.98 Å². The van der Waals surface area contributed by atoms with E-state index < -0.39 is 0 Å². The minimum Gasteiger partial charge on any atom is -0.496 e. The normalized spacial score (nSPS) is 11.0. The van der Waals surface area contributed by atoms with Crippen molar-refractivity contribution in [3.8, 4) is 23.1 Å². The molecule has 112 valence electrons. The Balaban J connectivity index is 1.98. The lowest BCUT2D eigenvalue weighted by Gasteiger charge is -2.04. The molecule has 0 bridgehead atoms. The van der Waals surface area contributed by atoms with Gasteiger partial charge in [-0.2, -0.15) is 5.26 Å². The molecule has 1 heterocycles. The summed E-state index contributed by atoms with van der Waals surface area (Å²) in [5, 5.41) is 12.2. The predicted molar refractivity (Wildman–Crippen MR) is 94.0 cm³/mol. The second kappa shape index (κ2) is 6.91. The molecule has 0 fully saturated rings. The van der Waals surface area contributed by atoms with Crippen molar-refractivity contribution in [2.24, 2.45) is 0 Å². The van der Waals surface area contributed by atoms with Crippen LogP contribution < -0.4 is 4.74 Å². The van der Waals surface area contributed by atoms with Crippen LogP contribution in [0, 0.1) is 11.3 Å². The lowest BCUT2D eigenvalue weighted by molar-refractivity contribution is 0.414. The Morgan fingerprint density at radius 3 is 2.61 bits per heavy atom. The fraction of sp³-hybridized carbons (Fsp3) is 0.0526. The molecule has 0 radical (unpaired) electrons. The minimum absolute atomic E-state index is 0.529. The molecular weight excluding hydrogens is 304 g/mol. The van der Waals surface area contributed by atoms with Gasteiger partial charge in [-0.05, 0) is 12.1 Å². The first kappa shape index (κ1) is 15.0. The Bertz CT molecular complexity index is 876. The third-order valence-electron chi connectivity index (χ3n) is 3.36. The van der Waals surface area contributed by atoms with Gasteiger partial charge in [-0.1, -0.05) is 48.5 Å². The highest BCUT2D eigenvalue weighted by Crippen LogP contribution is 2.29. The van der Waals surface area contributed by atoms with E-state index in [1.807, 2.05) is 66.1 Å². The molecule has 3 nitrogen and oxygen atoms in total. The zero-order valence-corrected chi connectivity index (χ0v) is 13.4. The van der Waals surface area contributed by atoms with E-state index in [0.717, 1.165) is 22.6 Å². The Kier molecular flexibility index (Phi) is 4.51. The molecule has 0 aliphatic rings. The highest BCUT2D eigenvalue weighted by Gasteiger charge is 2.10. The summed E-state index contributed by atoms with van der Waals surface area (Å²) in [6, 6.07) is 19.8. The van der Waals surface area contributed by atoms with E-state index in [-0.39, 0.29) is 0 Å². The van der Waals surface area contributed by atoms with Gasteiger partial charge >= 0.3 is 0 Å². The molecule has 0 aliphatic heterocycles. The van der Waals surface area contributed by atoms with E-state index in [1.165, 1.54) is 11.3 Å². The highest BCUT2D eigenvalue weighted by molar-refractivity contribution is 7.11. The van der Waals surface area contributed by atoms with Gasteiger partial charge in [0.25, 0.3) is 0 Å². The molecule has 4 heteroatoms. The van der Waals surface area contributed by atoms with E-state index in [9.17, 15) is 5.26 Å². The first-order chi connectivity index (χ1) is 11.3. The van der Waals surface area contributed by atoms with E-state index in [2.05, 4.69) is 11.1 Å². The van der Waals surface area contributed by atoms with Gasteiger partial charge in [0.2, 0.25) is 0 Å². The fourth-order valence-corrected chi connectivity index (χ4v) is 3.02. The Morgan fingerprint density at radius 1 is 1.13 bits per heavy atom. The van der Waals surface area contributed by atoms with Crippen molar-refractivity contribution in [2.45, 2.75) is 0 Å². The third kappa shape index (κ3) is 3.31. The van der Waals surface area contributed by atoms with E-state index >= 15 is 0 Å². The van der Waals surface area contributed by atoms with E-state index in [0.29, 0.717) is 10.6 Å². The Labute approximate surface area is 139 Å². The number of benzene rings is 2. The molecule has 23 heavy (non-hydrogen) atoms. The number of thiazole rings is 1. The SMILES string of the molecule is COc1ccccc1/C=C(/C#N)c1nc(-c2ccccc2)cs1. The molecule has 0 spiro atoms. The number of hydrogen-bond acceptors (Lipinski definition) is 4.